The average molecular weight is 393 g/mol. The summed E-state index contributed by atoms with van der Waals surface area (Å²) < 4.78 is 34.3. The van der Waals surface area contributed by atoms with Crippen LogP contribution in [0.5, 0.6) is 11.5 Å². The second-order valence-corrected chi connectivity index (χ2v) is 7.29. The van der Waals surface area contributed by atoms with Crippen molar-refractivity contribution < 1.29 is 23.0 Å². The van der Waals surface area contributed by atoms with Crippen molar-refractivity contribution in [2.75, 3.05) is 17.8 Å². The first-order valence-corrected chi connectivity index (χ1v) is 9.74. The summed E-state index contributed by atoms with van der Waals surface area (Å²) in [5, 5.41) is 0. The molecule has 2 aromatic rings. The number of halogens is 2. The molecule has 3 rings (SSSR count). The van der Waals surface area contributed by atoms with Crippen LogP contribution in [-0.2, 0) is 17.0 Å². The van der Waals surface area contributed by atoms with Crippen LogP contribution in [0, 0.1) is 0 Å². The number of carbonyl (C=O) groups excluding carboxylic acids is 1. The topological polar surface area (TPSA) is 38.8 Å². The summed E-state index contributed by atoms with van der Waals surface area (Å²) in [4.78, 5) is 14.5. The summed E-state index contributed by atoms with van der Waals surface area (Å²) >= 11 is 1.48. The third kappa shape index (κ3) is 4.53. The highest BCUT2D eigenvalue weighted by molar-refractivity contribution is 7.99. The summed E-state index contributed by atoms with van der Waals surface area (Å²) in [7, 11) is 1.40. The van der Waals surface area contributed by atoms with Gasteiger partial charge in [0, 0.05) is 17.5 Å². The predicted molar refractivity (Wildman–Crippen MR) is 103 cm³/mol. The molecule has 0 saturated carbocycles. The van der Waals surface area contributed by atoms with Gasteiger partial charge in [-0.05, 0) is 42.7 Å². The maximum atomic E-state index is 12.7. The molecule has 0 aliphatic carbocycles. The Labute approximate surface area is 161 Å². The van der Waals surface area contributed by atoms with Crippen LogP contribution in [0.3, 0.4) is 0 Å². The Morgan fingerprint density at radius 2 is 2.04 bits per heavy atom. The number of nitrogens with zero attached hydrogens (tertiary/aromatic N) is 1. The summed E-state index contributed by atoms with van der Waals surface area (Å²) in [6.07, 6.45) is 0.870. The normalized spacial score (nSPS) is 15.7. The van der Waals surface area contributed by atoms with Crippen LogP contribution < -0.4 is 14.4 Å². The fourth-order valence-corrected chi connectivity index (χ4v) is 4.10. The molecular formula is C20H21F2NO3S. The number of benzene rings is 2. The van der Waals surface area contributed by atoms with Crippen LogP contribution in [0.2, 0.25) is 0 Å². The second-order valence-electron chi connectivity index (χ2n) is 6.30. The number of rotatable bonds is 7. The predicted octanol–water partition coefficient (Wildman–Crippen LogP) is 4.51. The molecule has 0 fully saturated rings. The van der Waals surface area contributed by atoms with Gasteiger partial charge in [0.2, 0.25) is 5.91 Å². The average Bonchev–Trinajstić information content (AvgIpc) is 2.98. The van der Waals surface area contributed by atoms with Gasteiger partial charge in [-0.25, -0.2) is 0 Å². The molecule has 4 nitrogen and oxygen atoms in total. The smallest absolute Gasteiger partial charge is 0.387 e. The van der Waals surface area contributed by atoms with Crippen molar-refractivity contribution in [3.8, 4) is 11.5 Å². The van der Waals surface area contributed by atoms with Gasteiger partial charge in [0.05, 0.1) is 12.9 Å². The summed E-state index contributed by atoms with van der Waals surface area (Å²) in [5.74, 6) is 1.24. The van der Waals surface area contributed by atoms with E-state index in [9.17, 15) is 13.6 Å². The van der Waals surface area contributed by atoms with Gasteiger partial charge >= 0.3 is 6.61 Å². The molecule has 0 saturated heterocycles. The summed E-state index contributed by atoms with van der Waals surface area (Å²) in [6, 6.07) is 12.9. The van der Waals surface area contributed by atoms with Crippen molar-refractivity contribution in [1.82, 2.24) is 0 Å². The fraction of sp³-hybridized carbons (Fsp3) is 0.350. The molecule has 0 radical (unpaired) electrons. The van der Waals surface area contributed by atoms with E-state index in [4.69, 9.17) is 4.74 Å². The molecule has 1 aliphatic rings. The third-order valence-corrected chi connectivity index (χ3v) is 5.40. The zero-order valence-electron chi connectivity index (χ0n) is 15.2. The third-order valence-electron chi connectivity index (χ3n) is 4.41. The zero-order valence-corrected chi connectivity index (χ0v) is 16.0. The maximum Gasteiger partial charge on any atom is 0.387 e. The molecule has 1 heterocycles. The van der Waals surface area contributed by atoms with Crippen LogP contribution in [0.15, 0.2) is 42.5 Å². The van der Waals surface area contributed by atoms with Gasteiger partial charge in [-0.1, -0.05) is 24.3 Å². The van der Waals surface area contributed by atoms with Crippen molar-refractivity contribution in [2.24, 2.45) is 0 Å². The first-order chi connectivity index (χ1) is 13.0. The molecule has 0 spiro atoms. The molecule has 0 aromatic heterocycles. The number of para-hydroxylation sites is 1. The van der Waals surface area contributed by atoms with Gasteiger partial charge in [0.25, 0.3) is 0 Å². The van der Waals surface area contributed by atoms with E-state index in [1.54, 1.807) is 12.1 Å². The highest BCUT2D eigenvalue weighted by Crippen LogP contribution is 2.33. The minimum Gasteiger partial charge on any atom is -0.493 e. The Kier molecular flexibility index (Phi) is 6.21. The van der Waals surface area contributed by atoms with Crippen molar-refractivity contribution in [1.29, 1.82) is 0 Å². The molecule has 0 N–H and O–H groups in total. The fourth-order valence-electron chi connectivity index (χ4n) is 3.27. The molecule has 0 unspecified atom stereocenters. The SMILES string of the molecule is COc1cc(CSCC(=O)N2c3ccccc3C[C@H]2C)ccc1OC(F)F. The quantitative estimate of drug-likeness (QED) is 0.694. The monoisotopic (exact) mass is 393 g/mol. The van der Waals surface area contributed by atoms with Gasteiger partial charge in [-0.2, -0.15) is 8.78 Å². The molecule has 1 amide bonds. The summed E-state index contributed by atoms with van der Waals surface area (Å²) in [5.41, 5.74) is 3.06. The highest BCUT2D eigenvalue weighted by Gasteiger charge is 2.30. The molecule has 7 heteroatoms. The van der Waals surface area contributed by atoms with Crippen LogP contribution in [0.4, 0.5) is 14.5 Å². The number of methoxy groups -OCH3 is 1. The summed E-state index contributed by atoms with van der Waals surface area (Å²) in [6.45, 7) is -0.850. The molecular weight excluding hydrogens is 372 g/mol. The number of amides is 1. The van der Waals surface area contributed by atoms with E-state index in [1.807, 2.05) is 23.1 Å². The Bertz CT molecular complexity index is 816. The van der Waals surface area contributed by atoms with Crippen LogP contribution in [0.1, 0.15) is 18.1 Å². The van der Waals surface area contributed by atoms with Crippen molar-refractivity contribution in [3.05, 3.63) is 53.6 Å². The van der Waals surface area contributed by atoms with Crippen LogP contribution in [-0.4, -0.2) is 31.4 Å². The Balaban J connectivity index is 1.59. The number of alkyl halides is 2. The van der Waals surface area contributed by atoms with E-state index in [0.29, 0.717) is 11.5 Å². The van der Waals surface area contributed by atoms with Gasteiger partial charge in [-0.3, -0.25) is 4.79 Å². The lowest BCUT2D eigenvalue weighted by atomic mass is 10.1. The van der Waals surface area contributed by atoms with E-state index >= 15 is 0 Å². The Morgan fingerprint density at radius 1 is 1.26 bits per heavy atom. The second kappa shape index (κ2) is 8.61. The molecule has 2 aromatic carbocycles. The van der Waals surface area contributed by atoms with Crippen LogP contribution >= 0.6 is 11.8 Å². The molecule has 1 aliphatic heterocycles. The van der Waals surface area contributed by atoms with Crippen molar-refractivity contribution in [3.63, 3.8) is 0 Å². The number of carbonyl (C=O) groups is 1. The first kappa shape index (κ1) is 19.5. The Hall–Kier alpha value is -2.28. The van der Waals surface area contributed by atoms with Gasteiger partial charge in [-0.15, -0.1) is 11.8 Å². The lowest BCUT2D eigenvalue weighted by molar-refractivity contribution is -0.116. The lowest BCUT2D eigenvalue weighted by Gasteiger charge is -2.22. The maximum absolute atomic E-state index is 12.7. The van der Waals surface area contributed by atoms with Crippen LogP contribution in [0.25, 0.3) is 0 Å². The lowest BCUT2D eigenvalue weighted by Crippen LogP contribution is -2.37. The zero-order chi connectivity index (χ0) is 19.4. The van der Waals surface area contributed by atoms with E-state index in [0.717, 1.165) is 17.7 Å². The van der Waals surface area contributed by atoms with E-state index < -0.39 is 6.61 Å². The minimum atomic E-state index is -2.90. The number of anilines is 1. The molecule has 27 heavy (non-hydrogen) atoms. The highest BCUT2D eigenvalue weighted by atomic mass is 32.2. The molecule has 0 bridgehead atoms. The number of fused-ring (bicyclic) bond motifs is 1. The number of thioether (sulfide) groups is 1. The first-order valence-electron chi connectivity index (χ1n) is 8.59. The van der Waals surface area contributed by atoms with Crippen molar-refractivity contribution in [2.45, 2.75) is 31.8 Å². The van der Waals surface area contributed by atoms with Gasteiger partial charge in [0.1, 0.15) is 0 Å². The van der Waals surface area contributed by atoms with Gasteiger partial charge in [0.15, 0.2) is 11.5 Å². The standard InChI is InChI=1S/C20H21F2NO3S/c1-13-9-15-5-3-4-6-16(15)23(13)19(24)12-27-11-14-7-8-17(26-20(21)22)18(10-14)25-2/h3-8,10,13,20H,9,11-12H2,1-2H3/t13-/m1/s1. The number of ether oxygens (including phenoxy) is 2. The number of hydrogen-bond acceptors (Lipinski definition) is 4. The molecule has 1 atom stereocenters. The number of hydrogen-bond donors (Lipinski definition) is 0. The van der Waals surface area contributed by atoms with E-state index in [1.165, 1.54) is 30.5 Å². The minimum absolute atomic E-state index is 0.000162. The molecule has 144 valence electrons. The van der Waals surface area contributed by atoms with E-state index in [2.05, 4.69) is 17.7 Å². The van der Waals surface area contributed by atoms with Crippen molar-refractivity contribution >= 4 is 23.4 Å². The van der Waals surface area contributed by atoms with Gasteiger partial charge < -0.3 is 14.4 Å². The largest absolute Gasteiger partial charge is 0.493 e. The van der Waals surface area contributed by atoms with E-state index in [-0.39, 0.29) is 23.4 Å². The Morgan fingerprint density at radius 3 is 2.78 bits per heavy atom.